The highest BCUT2D eigenvalue weighted by Crippen LogP contribution is 2.44. The molecule has 2 N–H and O–H groups in total. The second-order valence-corrected chi connectivity index (χ2v) is 6.36. The van der Waals surface area contributed by atoms with Gasteiger partial charge in [-0.15, -0.1) is 0 Å². The maximum atomic E-state index is 12.6. The van der Waals surface area contributed by atoms with Crippen LogP contribution in [0.5, 0.6) is 5.75 Å². The van der Waals surface area contributed by atoms with Gasteiger partial charge < -0.3 is 20.1 Å². The standard InChI is InChI=1S/C19H19N3O4/c23-10-11-26-13-6-4-12(5-7-13)18-20-19(24)15-3-1-2-14-16(21-25)8-9-22(18)17(14)15/h1-7,16,18,23H,8-11H2,(H,20,24). The number of carbonyl (C=O) groups excluding carboxylic acids is 1. The van der Waals surface area contributed by atoms with Crippen LogP contribution in [0.15, 0.2) is 47.6 Å². The second kappa shape index (κ2) is 6.76. The van der Waals surface area contributed by atoms with Crippen molar-refractivity contribution >= 4 is 11.6 Å². The molecule has 0 saturated carbocycles. The summed E-state index contributed by atoms with van der Waals surface area (Å²) in [5.74, 6) is 0.505. The molecule has 2 aliphatic rings. The number of carbonyl (C=O) groups is 1. The first-order valence-corrected chi connectivity index (χ1v) is 8.59. The highest BCUT2D eigenvalue weighted by Gasteiger charge is 2.38. The van der Waals surface area contributed by atoms with E-state index in [0.717, 1.165) is 16.8 Å². The van der Waals surface area contributed by atoms with Gasteiger partial charge in [0.25, 0.3) is 5.91 Å². The first-order chi connectivity index (χ1) is 12.7. The van der Waals surface area contributed by atoms with Gasteiger partial charge in [-0.3, -0.25) is 4.79 Å². The van der Waals surface area contributed by atoms with Crippen molar-refractivity contribution in [1.82, 2.24) is 5.32 Å². The van der Waals surface area contributed by atoms with Crippen LogP contribution < -0.4 is 15.0 Å². The predicted molar refractivity (Wildman–Crippen MR) is 96.2 cm³/mol. The van der Waals surface area contributed by atoms with Crippen LogP contribution in [0, 0.1) is 4.91 Å². The number of nitrogens with one attached hydrogen (secondary N) is 1. The van der Waals surface area contributed by atoms with Gasteiger partial charge in [0, 0.05) is 12.1 Å². The lowest BCUT2D eigenvalue weighted by Gasteiger charge is -2.43. The number of hydrogen-bond donors (Lipinski definition) is 2. The Morgan fingerprint density at radius 1 is 1.23 bits per heavy atom. The molecular weight excluding hydrogens is 334 g/mol. The average molecular weight is 353 g/mol. The molecular formula is C19H19N3O4. The minimum absolute atomic E-state index is 0.0420. The first-order valence-electron chi connectivity index (χ1n) is 8.59. The van der Waals surface area contributed by atoms with Gasteiger partial charge in [-0.05, 0) is 30.2 Å². The topological polar surface area (TPSA) is 91.2 Å². The van der Waals surface area contributed by atoms with E-state index in [0.29, 0.717) is 24.3 Å². The van der Waals surface area contributed by atoms with Crippen molar-refractivity contribution in [1.29, 1.82) is 0 Å². The maximum absolute atomic E-state index is 12.6. The number of hydrogen-bond acceptors (Lipinski definition) is 6. The molecule has 0 bridgehead atoms. The average Bonchev–Trinajstić information content (AvgIpc) is 2.69. The second-order valence-electron chi connectivity index (χ2n) is 6.36. The molecule has 1 amide bonds. The fourth-order valence-corrected chi connectivity index (χ4v) is 3.68. The quantitative estimate of drug-likeness (QED) is 0.806. The van der Waals surface area contributed by atoms with Crippen LogP contribution >= 0.6 is 0 Å². The van der Waals surface area contributed by atoms with Crippen molar-refractivity contribution in [2.75, 3.05) is 24.7 Å². The van der Waals surface area contributed by atoms with Crippen molar-refractivity contribution in [3.63, 3.8) is 0 Å². The van der Waals surface area contributed by atoms with E-state index in [1.165, 1.54) is 0 Å². The summed E-state index contributed by atoms with van der Waals surface area (Å²) in [6, 6.07) is 12.5. The molecule has 0 aliphatic carbocycles. The van der Waals surface area contributed by atoms with Crippen molar-refractivity contribution in [2.24, 2.45) is 5.18 Å². The molecule has 26 heavy (non-hydrogen) atoms. The number of para-hydroxylation sites is 1. The number of benzene rings is 2. The zero-order chi connectivity index (χ0) is 18.1. The number of amides is 1. The van der Waals surface area contributed by atoms with Gasteiger partial charge in [0.1, 0.15) is 24.6 Å². The summed E-state index contributed by atoms with van der Waals surface area (Å²) in [5.41, 5.74) is 3.12. The van der Waals surface area contributed by atoms with Crippen LogP contribution in [0.1, 0.15) is 40.1 Å². The molecule has 7 nitrogen and oxygen atoms in total. The van der Waals surface area contributed by atoms with E-state index in [9.17, 15) is 9.70 Å². The Bertz CT molecular complexity index is 837. The Hall–Kier alpha value is -2.93. The SMILES string of the molecule is O=NC1CCN2c3c(cccc31)C(=O)NC2c1ccc(OCCO)cc1. The lowest BCUT2D eigenvalue weighted by atomic mass is 9.90. The van der Waals surface area contributed by atoms with Gasteiger partial charge in [0.15, 0.2) is 0 Å². The van der Waals surface area contributed by atoms with Gasteiger partial charge in [-0.1, -0.05) is 29.4 Å². The molecule has 0 fully saturated rings. The van der Waals surface area contributed by atoms with Crippen molar-refractivity contribution < 1.29 is 14.6 Å². The predicted octanol–water partition coefficient (Wildman–Crippen LogP) is 2.52. The summed E-state index contributed by atoms with van der Waals surface area (Å²) in [4.78, 5) is 25.9. The molecule has 0 spiro atoms. The van der Waals surface area contributed by atoms with Crippen LogP contribution in [0.4, 0.5) is 5.69 Å². The van der Waals surface area contributed by atoms with E-state index in [-0.39, 0.29) is 25.3 Å². The van der Waals surface area contributed by atoms with Crippen LogP contribution in [0.2, 0.25) is 0 Å². The summed E-state index contributed by atoms with van der Waals surface area (Å²) in [6.07, 6.45) is 0.306. The van der Waals surface area contributed by atoms with E-state index in [1.807, 2.05) is 30.3 Å². The fourth-order valence-electron chi connectivity index (χ4n) is 3.68. The third-order valence-electron chi connectivity index (χ3n) is 4.86. The Balaban J connectivity index is 1.70. The van der Waals surface area contributed by atoms with Gasteiger partial charge in [0.05, 0.1) is 17.9 Å². The molecule has 2 aromatic carbocycles. The third kappa shape index (κ3) is 2.70. The summed E-state index contributed by atoms with van der Waals surface area (Å²) < 4.78 is 5.39. The van der Waals surface area contributed by atoms with Crippen molar-refractivity contribution in [3.8, 4) is 5.75 Å². The molecule has 2 aromatic rings. The fraction of sp³-hybridized carbons (Fsp3) is 0.316. The van der Waals surface area contributed by atoms with Crippen LogP contribution in [-0.2, 0) is 0 Å². The van der Waals surface area contributed by atoms with Crippen LogP contribution in [0.3, 0.4) is 0 Å². The van der Waals surface area contributed by atoms with Crippen LogP contribution in [-0.4, -0.2) is 30.8 Å². The molecule has 0 saturated heterocycles. The molecule has 7 heteroatoms. The largest absolute Gasteiger partial charge is 0.491 e. The van der Waals surface area contributed by atoms with Gasteiger partial charge in [-0.25, -0.2) is 0 Å². The normalized spacial score (nSPS) is 21.0. The molecule has 0 radical (unpaired) electrons. The highest BCUT2D eigenvalue weighted by atomic mass is 16.5. The Morgan fingerprint density at radius 3 is 2.77 bits per heavy atom. The number of anilines is 1. The number of nitroso groups, excluding NO2 is 1. The van der Waals surface area contributed by atoms with Crippen molar-refractivity contribution in [3.05, 3.63) is 64.1 Å². The van der Waals surface area contributed by atoms with E-state index in [1.54, 1.807) is 12.1 Å². The monoisotopic (exact) mass is 353 g/mol. The molecule has 0 aromatic heterocycles. The summed E-state index contributed by atoms with van der Waals surface area (Å²) >= 11 is 0. The molecule has 2 unspecified atom stereocenters. The van der Waals surface area contributed by atoms with E-state index >= 15 is 0 Å². The number of aliphatic hydroxyl groups excluding tert-OH is 1. The number of ether oxygens (including phenoxy) is 1. The van der Waals surface area contributed by atoms with Crippen LogP contribution in [0.25, 0.3) is 0 Å². The Kier molecular flexibility index (Phi) is 4.30. The molecule has 134 valence electrons. The lowest BCUT2D eigenvalue weighted by molar-refractivity contribution is 0.0925. The number of rotatable bonds is 5. The third-order valence-corrected chi connectivity index (χ3v) is 4.86. The smallest absolute Gasteiger partial charge is 0.255 e. The lowest BCUT2D eigenvalue weighted by Crippen LogP contribution is -2.49. The van der Waals surface area contributed by atoms with E-state index < -0.39 is 6.04 Å². The summed E-state index contributed by atoms with van der Waals surface area (Å²) in [6.45, 7) is 0.830. The zero-order valence-corrected chi connectivity index (χ0v) is 14.1. The molecule has 4 rings (SSSR count). The Labute approximate surface area is 150 Å². The summed E-state index contributed by atoms with van der Waals surface area (Å²) in [5, 5.41) is 15.1. The molecule has 2 atom stereocenters. The Morgan fingerprint density at radius 2 is 2.04 bits per heavy atom. The molecule has 2 heterocycles. The van der Waals surface area contributed by atoms with E-state index in [4.69, 9.17) is 9.84 Å². The minimum Gasteiger partial charge on any atom is -0.491 e. The number of aliphatic hydroxyl groups is 1. The summed E-state index contributed by atoms with van der Waals surface area (Å²) in [7, 11) is 0. The van der Waals surface area contributed by atoms with E-state index in [2.05, 4.69) is 15.4 Å². The highest BCUT2D eigenvalue weighted by molar-refractivity contribution is 6.03. The maximum Gasteiger partial charge on any atom is 0.255 e. The van der Waals surface area contributed by atoms with Gasteiger partial charge in [-0.2, -0.15) is 4.91 Å². The van der Waals surface area contributed by atoms with Gasteiger partial charge >= 0.3 is 0 Å². The number of nitrogens with zero attached hydrogens (tertiary/aromatic N) is 2. The minimum atomic E-state index is -0.415. The van der Waals surface area contributed by atoms with Crippen molar-refractivity contribution in [2.45, 2.75) is 18.6 Å². The molecule has 2 aliphatic heterocycles. The van der Waals surface area contributed by atoms with Gasteiger partial charge in [0.2, 0.25) is 0 Å². The zero-order valence-electron chi connectivity index (χ0n) is 14.1. The first kappa shape index (κ1) is 16.5.